The number of phenols is 1. The number of nitrogens with one attached hydrogen (secondary N) is 1. The van der Waals surface area contributed by atoms with Gasteiger partial charge in [-0.05, 0) is 48.4 Å². The molecule has 0 aliphatic rings. The minimum Gasteiger partial charge on any atom is -0.508 e. The van der Waals surface area contributed by atoms with Gasteiger partial charge in [-0.1, -0.05) is 42.5 Å². The third kappa shape index (κ3) is 2.84. The van der Waals surface area contributed by atoms with Crippen molar-refractivity contribution in [1.29, 1.82) is 0 Å². The first-order chi connectivity index (χ1) is 10.1. The normalized spacial score (nSPS) is 12.3. The van der Waals surface area contributed by atoms with Crippen LogP contribution in [0.25, 0.3) is 10.8 Å². The number of fused-ring (bicyclic) bond motifs is 1. The summed E-state index contributed by atoms with van der Waals surface area (Å²) in [5, 5.41) is 16.0. The molecule has 0 saturated carbocycles. The van der Waals surface area contributed by atoms with Gasteiger partial charge in [-0.15, -0.1) is 0 Å². The summed E-state index contributed by atoms with van der Waals surface area (Å²) in [5.74, 6) is 0.343. The molecule has 0 radical (unpaired) electrons. The summed E-state index contributed by atoms with van der Waals surface area (Å²) in [4.78, 5) is 0. The van der Waals surface area contributed by atoms with Crippen LogP contribution in [0, 0.1) is 6.92 Å². The van der Waals surface area contributed by atoms with Crippen molar-refractivity contribution in [2.24, 2.45) is 0 Å². The predicted octanol–water partition coefficient (Wildman–Crippen LogP) is 5.03. The molecule has 2 heteroatoms. The Balaban J connectivity index is 1.87. The van der Waals surface area contributed by atoms with Gasteiger partial charge in [0.25, 0.3) is 0 Å². The highest BCUT2D eigenvalue weighted by atomic mass is 16.3. The Labute approximate surface area is 125 Å². The van der Waals surface area contributed by atoms with Crippen molar-refractivity contribution in [1.82, 2.24) is 0 Å². The van der Waals surface area contributed by atoms with Crippen molar-refractivity contribution in [2.75, 3.05) is 5.32 Å². The van der Waals surface area contributed by atoms with Gasteiger partial charge in [0.2, 0.25) is 0 Å². The molecule has 21 heavy (non-hydrogen) atoms. The van der Waals surface area contributed by atoms with E-state index >= 15 is 0 Å². The van der Waals surface area contributed by atoms with Crippen LogP contribution in [-0.2, 0) is 0 Å². The van der Waals surface area contributed by atoms with E-state index in [1.807, 2.05) is 31.2 Å². The van der Waals surface area contributed by atoms with Gasteiger partial charge in [0.1, 0.15) is 5.75 Å². The molecule has 3 aromatic rings. The van der Waals surface area contributed by atoms with Crippen molar-refractivity contribution in [2.45, 2.75) is 19.9 Å². The van der Waals surface area contributed by atoms with Gasteiger partial charge in [0, 0.05) is 11.3 Å². The fourth-order valence-electron chi connectivity index (χ4n) is 2.63. The van der Waals surface area contributed by atoms with E-state index in [0.29, 0.717) is 5.75 Å². The number of hydrogen-bond acceptors (Lipinski definition) is 2. The highest BCUT2D eigenvalue weighted by Gasteiger charge is 2.10. The summed E-state index contributed by atoms with van der Waals surface area (Å²) >= 11 is 0. The van der Waals surface area contributed by atoms with Crippen LogP contribution in [0.15, 0.2) is 60.7 Å². The van der Waals surface area contributed by atoms with Gasteiger partial charge in [-0.3, -0.25) is 0 Å². The summed E-state index contributed by atoms with van der Waals surface area (Å²) in [6.07, 6.45) is 0. The van der Waals surface area contributed by atoms with E-state index in [0.717, 1.165) is 16.8 Å². The molecule has 0 fully saturated rings. The van der Waals surface area contributed by atoms with E-state index in [1.54, 1.807) is 6.07 Å². The molecular formula is C19H19NO. The van der Waals surface area contributed by atoms with Crippen molar-refractivity contribution in [3.05, 3.63) is 71.8 Å². The standard InChI is InChI=1S/C19H19NO/c1-13-7-10-18(19(21)11-13)14(2)20-17-9-8-15-5-3-4-6-16(15)12-17/h3-12,14,20-21H,1-2H3. The fraction of sp³-hybridized carbons (Fsp3) is 0.158. The summed E-state index contributed by atoms with van der Waals surface area (Å²) < 4.78 is 0. The minimum atomic E-state index is 0.0479. The molecule has 2 N–H and O–H groups in total. The lowest BCUT2D eigenvalue weighted by Gasteiger charge is -2.17. The molecule has 0 aromatic heterocycles. The second-order valence-corrected chi connectivity index (χ2v) is 5.49. The van der Waals surface area contributed by atoms with Gasteiger partial charge >= 0.3 is 0 Å². The molecule has 0 bridgehead atoms. The van der Waals surface area contributed by atoms with Crippen LogP contribution in [-0.4, -0.2) is 5.11 Å². The molecule has 0 heterocycles. The molecule has 106 valence electrons. The third-order valence-electron chi connectivity index (χ3n) is 3.79. The van der Waals surface area contributed by atoms with Gasteiger partial charge < -0.3 is 10.4 Å². The van der Waals surface area contributed by atoms with Crippen molar-refractivity contribution >= 4 is 16.5 Å². The number of phenolic OH excluding ortho intramolecular Hbond substituents is 1. The second kappa shape index (κ2) is 5.49. The SMILES string of the molecule is Cc1ccc(C(C)Nc2ccc3ccccc3c2)c(O)c1. The van der Waals surface area contributed by atoms with E-state index in [2.05, 4.69) is 42.6 Å². The molecule has 0 saturated heterocycles. The van der Waals surface area contributed by atoms with Crippen LogP contribution in [0.5, 0.6) is 5.75 Å². The minimum absolute atomic E-state index is 0.0479. The molecule has 0 aliphatic carbocycles. The molecular weight excluding hydrogens is 258 g/mol. The Morgan fingerprint density at radius 1 is 0.905 bits per heavy atom. The van der Waals surface area contributed by atoms with Gasteiger partial charge in [0.15, 0.2) is 0 Å². The number of anilines is 1. The molecule has 0 spiro atoms. The quantitative estimate of drug-likeness (QED) is 0.704. The Bertz CT molecular complexity index is 779. The topological polar surface area (TPSA) is 32.3 Å². The number of benzene rings is 3. The monoisotopic (exact) mass is 277 g/mol. The van der Waals surface area contributed by atoms with E-state index in [4.69, 9.17) is 0 Å². The summed E-state index contributed by atoms with van der Waals surface area (Å²) in [6.45, 7) is 4.03. The van der Waals surface area contributed by atoms with Crippen LogP contribution < -0.4 is 5.32 Å². The Morgan fingerprint density at radius 2 is 1.67 bits per heavy atom. The average Bonchev–Trinajstić information content (AvgIpc) is 2.47. The largest absolute Gasteiger partial charge is 0.508 e. The molecule has 1 atom stereocenters. The first kappa shape index (κ1) is 13.5. The number of rotatable bonds is 3. The molecule has 1 unspecified atom stereocenters. The van der Waals surface area contributed by atoms with Crippen molar-refractivity contribution in [3.8, 4) is 5.75 Å². The lowest BCUT2D eigenvalue weighted by Crippen LogP contribution is -2.06. The Kier molecular flexibility index (Phi) is 3.53. The second-order valence-electron chi connectivity index (χ2n) is 5.49. The van der Waals surface area contributed by atoms with Crippen molar-refractivity contribution < 1.29 is 5.11 Å². The number of aromatic hydroxyl groups is 1. The summed E-state index contributed by atoms with van der Waals surface area (Å²) in [6, 6.07) is 20.5. The van der Waals surface area contributed by atoms with E-state index in [9.17, 15) is 5.11 Å². The van der Waals surface area contributed by atoms with Crippen LogP contribution >= 0.6 is 0 Å². The highest BCUT2D eigenvalue weighted by Crippen LogP contribution is 2.28. The van der Waals surface area contributed by atoms with Gasteiger partial charge in [0.05, 0.1) is 6.04 Å². The van der Waals surface area contributed by atoms with Crippen molar-refractivity contribution in [3.63, 3.8) is 0 Å². The molecule has 3 rings (SSSR count). The maximum atomic E-state index is 10.1. The van der Waals surface area contributed by atoms with Gasteiger partial charge in [-0.2, -0.15) is 0 Å². The predicted molar refractivity (Wildman–Crippen MR) is 88.8 cm³/mol. The zero-order valence-corrected chi connectivity index (χ0v) is 12.3. The molecule has 2 nitrogen and oxygen atoms in total. The first-order valence-corrected chi connectivity index (χ1v) is 7.18. The first-order valence-electron chi connectivity index (χ1n) is 7.18. The van der Waals surface area contributed by atoms with Crippen LogP contribution in [0.2, 0.25) is 0 Å². The lowest BCUT2D eigenvalue weighted by atomic mass is 10.0. The lowest BCUT2D eigenvalue weighted by molar-refractivity contribution is 0.465. The van der Waals surface area contributed by atoms with E-state index < -0.39 is 0 Å². The number of hydrogen-bond donors (Lipinski definition) is 2. The zero-order valence-electron chi connectivity index (χ0n) is 12.3. The van der Waals surface area contributed by atoms with Gasteiger partial charge in [-0.25, -0.2) is 0 Å². The van der Waals surface area contributed by atoms with Crippen LogP contribution in [0.1, 0.15) is 24.1 Å². The summed E-state index contributed by atoms with van der Waals surface area (Å²) in [5.41, 5.74) is 3.03. The fourth-order valence-corrected chi connectivity index (χ4v) is 2.63. The maximum Gasteiger partial charge on any atom is 0.121 e. The van der Waals surface area contributed by atoms with Crippen LogP contribution in [0.3, 0.4) is 0 Å². The van der Waals surface area contributed by atoms with E-state index in [-0.39, 0.29) is 6.04 Å². The molecule has 0 aliphatic heterocycles. The molecule has 3 aromatic carbocycles. The Morgan fingerprint density at radius 3 is 2.43 bits per heavy atom. The van der Waals surface area contributed by atoms with Crippen LogP contribution in [0.4, 0.5) is 5.69 Å². The molecule has 0 amide bonds. The highest BCUT2D eigenvalue weighted by molar-refractivity contribution is 5.85. The number of aryl methyl sites for hydroxylation is 1. The Hall–Kier alpha value is -2.48. The maximum absolute atomic E-state index is 10.1. The van der Waals surface area contributed by atoms with E-state index in [1.165, 1.54) is 10.8 Å². The summed E-state index contributed by atoms with van der Waals surface area (Å²) in [7, 11) is 0. The smallest absolute Gasteiger partial charge is 0.121 e. The zero-order chi connectivity index (χ0) is 14.8. The third-order valence-corrected chi connectivity index (χ3v) is 3.79. The average molecular weight is 277 g/mol.